The third kappa shape index (κ3) is 6.22. The topological polar surface area (TPSA) is 104 Å². The van der Waals surface area contributed by atoms with Gasteiger partial charge in [-0.05, 0) is 43.9 Å². The smallest absolute Gasteiger partial charge is 0.325 e. The molecule has 0 aliphatic carbocycles. The second kappa shape index (κ2) is 9.78. The molecular formula is C23H27FN4O4S. The van der Waals surface area contributed by atoms with Crippen molar-refractivity contribution in [2.45, 2.75) is 39.9 Å². The molecule has 0 N–H and O–H groups in total. The molecule has 3 rings (SSSR count). The molecule has 0 saturated carbocycles. The summed E-state index contributed by atoms with van der Waals surface area (Å²) in [5.41, 5.74) is 1.30. The van der Waals surface area contributed by atoms with Crippen LogP contribution in [-0.4, -0.2) is 33.7 Å². The zero-order valence-electron chi connectivity index (χ0n) is 19.3. The van der Waals surface area contributed by atoms with Crippen LogP contribution in [0.25, 0.3) is 11.4 Å². The molecule has 0 atom stereocenters. The summed E-state index contributed by atoms with van der Waals surface area (Å²) in [4.78, 5) is 24.8. The maximum absolute atomic E-state index is 14.3. The highest BCUT2D eigenvalue weighted by Crippen LogP contribution is 2.27. The van der Waals surface area contributed by atoms with Crippen molar-refractivity contribution in [3.63, 3.8) is 0 Å². The number of nitrogens with zero attached hydrogens (tertiary/aromatic N) is 4. The van der Waals surface area contributed by atoms with Gasteiger partial charge in [0.2, 0.25) is 0 Å². The van der Waals surface area contributed by atoms with Crippen LogP contribution in [0.15, 0.2) is 35.3 Å². The molecule has 0 bridgehead atoms. The van der Waals surface area contributed by atoms with Crippen LogP contribution >= 0.6 is 0 Å². The SMILES string of the molecule is Cc1cccc(F)c1Oc1nc(CS(=O)(=O)CCC(C)C)nc(-c2cc(C)c(=O)n(C)c2)n1. The summed E-state index contributed by atoms with van der Waals surface area (Å²) in [6.07, 6.45) is 2.05. The first kappa shape index (κ1) is 24.5. The largest absolute Gasteiger partial charge is 0.421 e. The van der Waals surface area contributed by atoms with Gasteiger partial charge >= 0.3 is 6.01 Å². The van der Waals surface area contributed by atoms with Crippen LogP contribution in [0.5, 0.6) is 11.8 Å². The molecule has 8 nitrogen and oxygen atoms in total. The maximum Gasteiger partial charge on any atom is 0.325 e. The minimum absolute atomic E-state index is 0.00670. The van der Waals surface area contributed by atoms with E-state index in [1.54, 1.807) is 45.3 Å². The van der Waals surface area contributed by atoms with E-state index >= 15 is 0 Å². The zero-order valence-corrected chi connectivity index (χ0v) is 20.1. The maximum atomic E-state index is 14.3. The first-order valence-electron chi connectivity index (χ1n) is 10.5. The summed E-state index contributed by atoms with van der Waals surface area (Å²) in [5.74, 6) is -0.730. The van der Waals surface area contributed by atoms with Crippen LogP contribution in [0, 0.1) is 25.6 Å². The number of aromatic nitrogens is 4. The van der Waals surface area contributed by atoms with Crippen molar-refractivity contribution in [2.75, 3.05) is 5.75 Å². The first-order valence-corrected chi connectivity index (χ1v) is 12.3. The molecule has 1 aromatic carbocycles. The molecule has 3 aromatic rings. The van der Waals surface area contributed by atoms with E-state index in [9.17, 15) is 17.6 Å². The third-order valence-corrected chi connectivity index (χ3v) is 6.55. The monoisotopic (exact) mass is 474 g/mol. The predicted octanol–water partition coefficient (Wildman–Crippen LogP) is 3.75. The average Bonchev–Trinajstić information content (AvgIpc) is 2.72. The van der Waals surface area contributed by atoms with Crippen molar-refractivity contribution in [1.82, 2.24) is 19.5 Å². The summed E-state index contributed by atoms with van der Waals surface area (Å²) >= 11 is 0. The molecule has 0 aliphatic heterocycles. The number of aryl methyl sites for hydroxylation is 3. The van der Waals surface area contributed by atoms with Gasteiger partial charge in [-0.2, -0.15) is 9.97 Å². The Hall–Kier alpha value is -3.14. The molecule has 176 valence electrons. The van der Waals surface area contributed by atoms with Gasteiger partial charge < -0.3 is 9.30 Å². The predicted molar refractivity (Wildman–Crippen MR) is 123 cm³/mol. The fraction of sp³-hybridized carbons (Fsp3) is 0.391. The van der Waals surface area contributed by atoms with Crippen LogP contribution in [0.3, 0.4) is 0 Å². The number of hydrogen-bond donors (Lipinski definition) is 0. The first-order chi connectivity index (χ1) is 15.4. The number of sulfone groups is 1. The summed E-state index contributed by atoms with van der Waals surface area (Å²) in [6, 6.07) is 5.85. The minimum Gasteiger partial charge on any atom is -0.421 e. The lowest BCUT2D eigenvalue weighted by Crippen LogP contribution is -2.19. The quantitative estimate of drug-likeness (QED) is 0.490. The van der Waals surface area contributed by atoms with Gasteiger partial charge in [0, 0.05) is 24.4 Å². The molecule has 0 fully saturated rings. The average molecular weight is 475 g/mol. The summed E-state index contributed by atoms with van der Waals surface area (Å²) in [6.45, 7) is 7.22. The molecule has 10 heteroatoms. The number of para-hydroxylation sites is 1. The minimum atomic E-state index is -3.50. The van der Waals surface area contributed by atoms with E-state index in [2.05, 4.69) is 15.0 Å². The molecular weight excluding hydrogens is 447 g/mol. The lowest BCUT2D eigenvalue weighted by atomic mass is 10.2. The number of rotatable bonds is 8. The van der Waals surface area contributed by atoms with Gasteiger partial charge in [0.05, 0.1) is 5.75 Å². The molecule has 33 heavy (non-hydrogen) atoms. The standard InChI is InChI=1S/C23H27FN4O4S/c1-14(2)9-10-33(30,31)13-19-25-21(17-11-16(4)22(29)28(5)12-17)27-23(26-19)32-20-15(3)7-6-8-18(20)24/h6-8,11-12,14H,9-10,13H2,1-5H3. The Bertz CT molecular complexity index is 1290. The Morgan fingerprint density at radius 2 is 1.85 bits per heavy atom. The lowest BCUT2D eigenvalue weighted by molar-refractivity contribution is 0.405. The van der Waals surface area contributed by atoms with Crippen molar-refractivity contribution in [2.24, 2.45) is 13.0 Å². The Balaban J connectivity index is 2.08. The molecule has 2 heterocycles. The van der Waals surface area contributed by atoms with E-state index in [0.29, 0.717) is 23.1 Å². The molecule has 0 amide bonds. The van der Waals surface area contributed by atoms with Gasteiger partial charge in [0.25, 0.3) is 5.56 Å². The van der Waals surface area contributed by atoms with Crippen LogP contribution in [-0.2, 0) is 22.6 Å². The van der Waals surface area contributed by atoms with Gasteiger partial charge in [-0.1, -0.05) is 26.0 Å². The molecule has 0 saturated heterocycles. The number of halogens is 1. The molecule has 0 aliphatic rings. The van der Waals surface area contributed by atoms with Crippen LogP contribution in [0.1, 0.15) is 37.2 Å². The van der Waals surface area contributed by atoms with E-state index < -0.39 is 21.4 Å². The summed E-state index contributed by atoms with van der Waals surface area (Å²) in [7, 11) is -1.90. The lowest BCUT2D eigenvalue weighted by Gasteiger charge is -2.12. The highest BCUT2D eigenvalue weighted by atomic mass is 32.2. The van der Waals surface area contributed by atoms with Crippen molar-refractivity contribution in [1.29, 1.82) is 0 Å². The van der Waals surface area contributed by atoms with Gasteiger partial charge in [-0.15, -0.1) is 0 Å². The van der Waals surface area contributed by atoms with Crippen LogP contribution in [0.4, 0.5) is 4.39 Å². The number of benzene rings is 1. The van der Waals surface area contributed by atoms with Crippen molar-refractivity contribution in [3.8, 4) is 23.1 Å². The molecule has 2 aromatic heterocycles. The molecule has 0 unspecified atom stereocenters. The van der Waals surface area contributed by atoms with E-state index in [1.807, 2.05) is 13.8 Å². The second-order valence-corrected chi connectivity index (χ2v) is 10.6. The van der Waals surface area contributed by atoms with E-state index in [0.717, 1.165) is 0 Å². The third-order valence-electron chi connectivity index (χ3n) is 4.99. The highest BCUT2D eigenvalue weighted by Gasteiger charge is 2.20. The zero-order chi connectivity index (χ0) is 24.3. The van der Waals surface area contributed by atoms with Gasteiger partial charge in [-0.25, -0.2) is 17.8 Å². The fourth-order valence-corrected chi connectivity index (χ4v) is 4.66. The van der Waals surface area contributed by atoms with Gasteiger partial charge in [0.15, 0.2) is 33.1 Å². The normalized spacial score (nSPS) is 11.7. The highest BCUT2D eigenvalue weighted by molar-refractivity contribution is 7.90. The Kier molecular flexibility index (Phi) is 7.26. The number of pyridine rings is 1. The van der Waals surface area contributed by atoms with Crippen molar-refractivity contribution >= 4 is 9.84 Å². The fourth-order valence-electron chi connectivity index (χ4n) is 3.16. The van der Waals surface area contributed by atoms with Crippen molar-refractivity contribution in [3.05, 3.63) is 63.6 Å². The molecule has 0 radical (unpaired) electrons. The van der Waals surface area contributed by atoms with Crippen molar-refractivity contribution < 1.29 is 17.5 Å². The van der Waals surface area contributed by atoms with E-state index in [1.165, 1.54) is 10.6 Å². The Labute approximate surface area is 192 Å². The second-order valence-electron chi connectivity index (χ2n) is 8.45. The Morgan fingerprint density at radius 1 is 1.12 bits per heavy atom. The van der Waals surface area contributed by atoms with Crippen LogP contribution in [0.2, 0.25) is 0 Å². The number of hydrogen-bond acceptors (Lipinski definition) is 7. The van der Waals surface area contributed by atoms with Gasteiger partial charge in [0.1, 0.15) is 5.75 Å². The summed E-state index contributed by atoms with van der Waals surface area (Å²) < 4.78 is 46.6. The van der Waals surface area contributed by atoms with Gasteiger partial charge in [-0.3, -0.25) is 4.79 Å². The van der Waals surface area contributed by atoms with E-state index in [-0.39, 0.29) is 40.6 Å². The molecule has 0 spiro atoms. The summed E-state index contributed by atoms with van der Waals surface area (Å²) in [5, 5.41) is 0. The van der Waals surface area contributed by atoms with E-state index in [4.69, 9.17) is 4.74 Å². The number of ether oxygens (including phenoxy) is 1. The van der Waals surface area contributed by atoms with Crippen LogP contribution < -0.4 is 10.3 Å². The Morgan fingerprint density at radius 3 is 2.48 bits per heavy atom.